The number of fused-ring (bicyclic) bond motifs is 1. The van der Waals surface area contributed by atoms with Crippen LogP contribution in [0.4, 0.5) is 4.39 Å². The Labute approximate surface area is 130 Å². The van der Waals surface area contributed by atoms with Crippen LogP contribution in [0, 0.1) is 12.7 Å². The fourth-order valence-corrected chi connectivity index (χ4v) is 2.81. The van der Waals surface area contributed by atoms with Crippen LogP contribution in [0.25, 0.3) is 10.9 Å². The normalized spacial score (nSPS) is 12.6. The van der Waals surface area contributed by atoms with Crippen molar-refractivity contribution in [2.45, 2.75) is 13.0 Å². The molecular formula is C17H13BrFNO. The third kappa shape index (κ3) is 2.69. The summed E-state index contributed by atoms with van der Waals surface area (Å²) in [6.45, 7) is 1.94. The Hall–Kier alpha value is -1.78. The minimum Gasteiger partial charge on any atom is -0.384 e. The Morgan fingerprint density at radius 3 is 2.76 bits per heavy atom. The molecule has 0 aliphatic rings. The molecule has 0 radical (unpaired) electrons. The van der Waals surface area contributed by atoms with E-state index >= 15 is 0 Å². The van der Waals surface area contributed by atoms with Crippen molar-refractivity contribution in [3.05, 3.63) is 75.6 Å². The molecule has 0 aliphatic heterocycles. The van der Waals surface area contributed by atoms with Gasteiger partial charge in [-0.25, -0.2) is 4.39 Å². The van der Waals surface area contributed by atoms with Crippen LogP contribution < -0.4 is 0 Å². The van der Waals surface area contributed by atoms with Crippen LogP contribution in [0.5, 0.6) is 0 Å². The highest BCUT2D eigenvalue weighted by molar-refractivity contribution is 9.10. The lowest BCUT2D eigenvalue weighted by atomic mass is 9.99. The maximum Gasteiger partial charge on any atom is 0.137 e. The zero-order valence-corrected chi connectivity index (χ0v) is 12.9. The lowest BCUT2D eigenvalue weighted by Crippen LogP contribution is -2.02. The van der Waals surface area contributed by atoms with E-state index < -0.39 is 6.10 Å². The smallest absolute Gasteiger partial charge is 0.137 e. The highest BCUT2D eigenvalue weighted by Gasteiger charge is 2.16. The summed E-state index contributed by atoms with van der Waals surface area (Å²) in [5, 5.41) is 11.4. The summed E-state index contributed by atoms with van der Waals surface area (Å²) in [4.78, 5) is 4.43. The molecule has 0 aliphatic carbocycles. The van der Waals surface area contributed by atoms with Crippen LogP contribution in [0.2, 0.25) is 0 Å². The molecule has 1 heterocycles. The molecular weight excluding hydrogens is 333 g/mol. The van der Waals surface area contributed by atoms with Crippen LogP contribution in [0.3, 0.4) is 0 Å². The first-order chi connectivity index (χ1) is 10.1. The van der Waals surface area contributed by atoms with Gasteiger partial charge in [-0.1, -0.05) is 24.3 Å². The topological polar surface area (TPSA) is 33.1 Å². The average molecular weight is 346 g/mol. The highest BCUT2D eigenvalue weighted by Crippen LogP contribution is 2.31. The number of aliphatic hydroxyl groups is 1. The first-order valence-corrected chi connectivity index (χ1v) is 7.35. The number of aryl methyl sites for hydroxylation is 1. The molecule has 3 aromatic rings. The number of benzene rings is 2. The van der Waals surface area contributed by atoms with Crippen molar-refractivity contribution < 1.29 is 9.50 Å². The summed E-state index contributed by atoms with van der Waals surface area (Å²) in [6.07, 6.45) is -0.888. The van der Waals surface area contributed by atoms with Gasteiger partial charge >= 0.3 is 0 Å². The summed E-state index contributed by atoms with van der Waals surface area (Å²) < 4.78 is 13.9. The summed E-state index contributed by atoms with van der Waals surface area (Å²) in [6, 6.07) is 14.1. The van der Waals surface area contributed by atoms with E-state index in [1.165, 1.54) is 6.07 Å². The van der Waals surface area contributed by atoms with Gasteiger partial charge in [0.05, 0.1) is 9.99 Å². The van der Waals surface area contributed by atoms with Gasteiger partial charge in [-0.2, -0.15) is 0 Å². The third-order valence-electron chi connectivity index (χ3n) is 3.44. The monoisotopic (exact) mass is 345 g/mol. The van der Waals surface area contributed by atoms with Crippen molar-refractivity contribution in [2.24, 2.45) is 0 Å². The zero-order chi connectivity index (χ0) is 15.0. The molecule has 0 fully saturated rings. The van der Waals surface area contributed by atoms with E-state index in [4.69, 9.17) is 0 Å². The number of rotatable bonds is 2. The van der Waals surface area contributed by atoms with Crippen molar-refractivity contribution in [1.82, 2.24) is 4.98 Å². The Bertz CT molecular complexity index is 819. The maximum absolute atomic E-state index is 13.6. The summed E-state index contributed by atoms with van der Waals surface area (Å²) in [7, 11) is 0. The standard InChI is InChI=1S/C17H13BrFNO/c1-10-5-6-11-9-12(7-8-15(11)20-10)17(21)13-3-2-4-14(19)16(13)18/h2-9,17,21H,1H3. The predicted molar refractivity (Wildman–Crippen MR) is 84.6 cm³/mol. The maximum atomic E-state index is 13.6. The van der Waals surface area contributed by atoms with Crippen LogP contribution in [-0.2, 0) is 0 Å². The van der Waals surface area contributed by atoms with Gasteiger partial charge in [0.15, 0.2) is 0 Å². The Morgan fingerprint density at radius 1 is 1.14 bits per heavy atom. The molecule has 3 rings (SSSR count). The first-order valence-electron chi connectivity index (χ1n) is 6.55. The van der Waals surface area contributed by atoms with Gasteiger partial charge in [-0.3, -0.25) is 4.98 Å². The van der Waals surface area contributed by atoms with E-state index in [9.17, 15) is 9.50 Å². The van der Waals surface area contributed by atoms with Crippen LogP contribution in [0.1, 0.15) is 22.9 Å². The number of aromatic nitrogens is 1. The van der Waals surface area contributed by atoms with Crippen molar-refractivity contribution in [1.29, 1.82) is 0 Å². The minimum absolute atomic E-state index is 0.291. The van der Waals surface area contributed by atoms with E-state index in [1.807, 2.05) is 37.3 Å². The molecule has 0 saturated carbocycles. The number of pyridine rings is 1. The molecule has 106 valence electrons. The zero-order valence-electron chi connectivity index (χ0n) is 11.3. The molecule has 0 bridgehead atoms. The van der Waals surface area contributed by atoms with Gasteiger partial charge < -0.3 is 5.11 Å². The van der Waals surface area contributed by atoms with Crippen molar-refractivity contribution >= 4 is 26.8 Å². The van der Waals surface area contributed by atoms with Gasteiger partial charge in [0, 0.05) is 16.6 Å². The van der Waals surface area contributed by atoms with E-state index in [2.05, 4.69) is 20.9 Å². The fraction of sp³-hybridized carbons (Fsp3) is 0.118. The lowest BCUT2D eigenvalue weighted by Gasteiger charge is -2.14. The molecule has 4 heteroatoms. The molecule has 21 heavy (non-hydrogen) atoms. The summed E-state index contributed by atoms with van der Waals surface area (Å²) in [5.74, 6) is -0.385. The van der Waals surface area contributed by atoms with Crippen molar-refractivity contribution in [3.63, 3.8) is 0 Å². The largest absolute Gasteiger partial charge is 0.384 e. The molecule has 1 aromatic heterocycles. The second-order valence-corrected chi connectivity index (χ2v) is 5.74. The lowest BCUT2D eigenvalue weighted by molar-refractivity contribution is 0.219. The van der Waals surface area contributed by atoms with Crippen LogP contribution in [0.15, 0.2) is 53.0 Å². The van der Waals surface area contributed by atoms with Gasteiger partial charge in [0.25, 0.3) is 0 Å². The van der Waals surface area contributed by atoms with E-state index in [1.54, 1.807) is 12.1 Å². The predicted octanol–water partition coefficient (Wildman–Crippen LogP) is 4.53. The number of hydrogen-bond acceptors (Lipinski definition) is 2. The molecule has 0 spiro atoms. The van der Waals surface area contributed by atoms with E-state index in [-0.39, 0.29) is 5.82 Å². The highest BCUT2D eigenvalue weighted by atomic mass is 79.9. The number of halogens is 2. The SMILES string of the molecule is Cc1ccc2cc(C(O)c3cccc(F)c3Br)ccc2n1. The van der Waals surface area contributed by atoms with Crippen molar-refractivity contribution in [2.75, 3.05) is 0 Å². The summed E-state index contributed by atoms with van der Waals surface area (Å²) in [5.41, 5.74) is 3.04. The Morgan fingerprint density at radius 2 is 1.95 bits per heavy atom. The van der Waals surface area contributed by atoms with Crippen LogP contribution >= 0.6 is 15.9 Å². The molecule has 0 amide bonds. The number of nitrogens with zero attached hydrogens (tertiary/aromatic N) is 1. The number of aliphatic hydroxyl groups excluding tert-OH is 1. The molecule has 2 aromatic carbocycles. The fourth-order valence-electron chi connectivity index (χ4n) is 2.33. The van der Waals surface area contributed by atoms with Crippen LogP contribution in [-0.4, -0.2) is 10.1 Å². The first kappa shape index (κ1) is 14.2. The summed E-state index contributed by atoms with van der Waals surface area (Å²) >= 11 is 3.19. The molecule has 0 saturated heterocycles. The molecule has 2 nitrogen and oxygen atoms in total. The molecule has 1 atom stereocenters. The average Bonchev–Trinajstić information content (AvgIpc) is 2.49. The third-order valence-corrected chi connectivity index (χ3v) is 4.28. The molecule has 1 unspecified atom stereocenters. The quantitative estimate of drug-likeness (QED) is 0.740. The van der Waals surface area contributed by atoms with Gasteiger partial charge in [-0.15, -0.1) is 0 Å². The number of hydrogen-bond donors (Lipinski definition) is 1. The second kappa shape index (κ2) is 5.54. The molecule has 1 N–H and O–H groups in total. The Kier molecular flexibility index (Phi) is 3.74. The second-order valence-electron chi connectivity index (χ2n) is 4.95. The van der Waals surface area contributed by atoms with E-state index in [0.29, 0.717) is 15.6 Å². The van der Waals surface area contributed by atoms with Gasteiger partial charge in [0.1, 0.15) is 11.9 Å². The van der Waals surface area contributed by atoms with E-state index in [0.717, 1.165) is 16.6 Å². The van der Waals surface area contributed by atoms with Crippen molar-refractivity contribution in [3.8, 4) is 0 Å². The minimum atomic E-state index is -0.888. The Balaban J connectivity index is 2.07. The van der Waals surface area contributed by atoms with Gasteiger partial charge in [0.2, 0.25) is 0 Å². The van der Waals surface area contributed by atoms with Gasteiger partial charge in [-0.05, 0) is 52.7 Å².